The topological polar surface area (TPSA) is 18.5 Å². The summed E-state index contributed by atoms with van der Waals surface area (Å²) in [6.45, 7) is 4.32. The monoisotopic (exact) mass is 606 g/mol. The summed E-state index contributed by atoms with van der Waals surface area (Å²) in [6, 6.07) is 37.7. The van der Waals surface area contributed by atoms with Crippen molar-refractivity contribution in [3.63, 3.8) is 0 Å². The van der Waals surface area contributed by atoms with Crippen molar-refractivity contribution in [1.29, 1.82) is 0 Å². The Hall–Kier alpha value is -5.22. The molecule has 8 rings (SSSR count). The number of ether oxygens (including phenoxy) is 2. The molecule has 0 aromatic heterocycles. The van der Waals surface area contributed by atoms with Crippen LogP contribution in [0.3, 0.4) is 0 Å². The molecule has 0 N–H and O–H groups in total. The van der Waals surface area contributed by atoms with Gasteiger partial charge in [-0.3, -0.25) is 0 Å². The lowest BCUT2D eigenvalue weighted by atomic mass is 9.71. The summed E-state index contributed by atoms with van der Waals surface area (Å²) in [5.41, 5.74) is 5.50. The Morgan fingerprint density at radius 3 is 2.00 bits per heavy atom. The molecule has 1 heterocycles. The van der Waals surface area contributed by atoms with Crippen LogP contribution in [0.4, 0.5) is 8.78 Å². The summed E-state index contributed by atoms with van der Waals surface area (Å²) >= 11 is 0. The van der Waals surface area contributed by atoms with E-state index in [0.29, 0.717) is 16.9 Å². The average Bonchev–Trinajstić information content (AvgIpc) is 3.39. The maximum absolute atomic E-state index is 15.1. The van der Waals surface area contributed by atoms with Gasteiger partial charge in [-0.05, 0) is 95.1 Å². The Morgan fingerprint density at radius 1 is 0.652 bits per heavy atom. The molecule has 2 aliphatic rings. The molecule has 1 aliphatic carbocycles. The van der Waals surface area contributed by atoms with E-state index in [4.69, 9.17) is 9.47 Å². The number of para-hydroxylation sites is 1. The predicted molar refractivity (Wildman–Crippen MR) is 181 cm³/mol. The predicted octanol–water partition coefficient (Wildman–Crippen LogP) is 11.3. The lowest BCUT2D eigenvalue weighted by molar-refractivity contribution is 0.163. The van der Waals surface area contributed by atoms with Crippen LogP contribution in [0.1, 0.15) is 54.5 Å². The smallest absolute Gasteiger partial charge is 0.178 e. The zero-order valence-electron chi connectivity index (χ0n) is 25.7. The second-order valence-corrected chi connectivity index (χ2v) is 12.1. The van der Waals surface area contributed by atoms with E-state index >= 15 is 4.39 Å². The van der Waals surface area contributed by atoms with Gasteiger partial charge in [-0.2, -0.15) is 0 Å². The Kier molecular flexibility index (Phi) is 6.57. The molecule has 0 amide bonds. The normalized spacial score (nSPS) is 17.2. The van der Waals surface area contributed by atoms with Crippen molar-refractivity contribution in [1.82, 2.24) is 0 Å². The lowest BCUT2D eigenvalue weighted by Gasteiger charge is -2.39. The van der Waals surface area contributed by atoms with E-state index in [-0.39, 0.29) is 11.6 Å². The number of fused-ring (bicyclic) bond motifs is 8. The van der Waals surface area contributed by atoms with Crippen molar-refractivity contribution in [2.45, 2.75) is 37.7 Å². The van der Waals surface area contributed by atoms with E-state index in [2.05, 4.69) is 38.1 Å². The highest BCUT2D eigenvalue weighted by Gasteiger charge is 2.47. The molecule has 0 saturated heterocycles. The Bertz CT molecular complexity index is 2130. The van der Waals surface area contributed by atoms with Crippen LogP contribution in [0, 0.1) is 11.6 Å². The largest absolute Gasteiger partial charge is 0.472 e. The van der Waals surface area contributed by atoms with Gasteiger partial charge >= 0.3 is 0 Å². The highest BCUT2D eigenvalue weighted by Crippen LogP contribution is 2.60. The molecule has 6 aromatic rings. The molecule has 0 fully saturated rings. The molecule has 0 saturated carbocycles. The van der Waals surface area contributed by atoms with Crippen LogP contribution in [0.2, 0.25) is 0 Å². The van der Waals surface area contributed by atoms with E-state index in [0.717, 1.165) is 62.9 Å². The standard InChI is InChI=1S/C42H32F2O2/c1-3-41(4-2)37-26-30(44)18-22-34(37)38-33-21-17-29(43)25-36(33)40-35(39(38)41)23-24-42(46-40,27-11-7-5-8-12-27)28-15-19-32(20-16-28)45-31-13-9-6-10-14-31/h5-26H,3-4H2,1-2H3. The van der Waals surface area contributed by atoms with Crippen LogP contribution < -0.4 is 9.47 Å². The minimum Gasteiger partial charge on any atom is -0.472 e. The van der Waals surface area contributed by atoms with E-state index < -0.39 is 11.0 Å². The average molecular weight is 607 g/mol. The van der Waals surface area contributed by atoms with Crippen LogP contribution in [0.5, 0.6) is 17.2 Å². The van der Waals surface area contributed by atoms with Crippen LogP contribution in [-0.2, 0) is 11.0 Å². The van der Waals surface area contributed by atoms with Crippen molar-refractivity contribution in [2.75, 3.05) is 0 Å². The molecular formula is C42H32F2O2. The van der Waals surface area contributed by atoms with Gasteiger partial charge in [0.15, 0.2) is 5.60 Å². The minimum atomic E-state index is -0.994. The van der Waals surface area contributed by atoms with Gasteiger partial charge in [0.05, 0.1) is 0 Å². The van der Waals surface area contributed by atoms with Gasteiger partial charge in [0.2, 0.25) is 0 Å². The fraction of sp³-hybridized carbons (Fsp3) is 0.143. The lowest BCUT2D eigenvalue weighted by Crippen LogP contribution is -2.35. The van der Waals surface area contributed by atoms with E-state index in [1.54, 1.807) is 12.1 Å². The number of rotatable bonds is 6. The molecule has 0 bridgehead atoms. The zero-order valence-corrected chi connectivity index (χ0v) is 25.7. The molecule has 6 aromatic carbocycles. The third-order valence-corrected chi connectivity index (χ3v) is 9.92. The van der Waals surface area contributed by atoms with Gasteiger partial charge in [-0.25, -0.2) is 8.78 Å². The summed E-state index contributed by atoms with van der Waals surface area (Å²) in [5, 5.41) is 1.59. The number of hydrogen-bond donors (Lipinski definition) is 0. The van der Waals surface area contributed by atoms with Crippen molar-refractivity contribution in [3.8, 4) is 28.4 Å². The highest BCUT2D eigenvalue weighted by atomic mass is 19.1. The first-order chi connectivity index (χ1) is 22.5. The van der Waals surface area contributed by atoms with Gasteiger partial charge in [-0.15, -0.1) is 0 Å². The van der Waals surface area contributed by atoms with Gasteiger partial charge in [-0.1, -0.05) is 92.7 Å². The van der Waals surface area contributed by atoms with Gasteiger partial charge in [0.25, 0.3) is 0 Å². The second-order valence-electron chi connectivity index (χ2n) is 12.1. The molecule has 226 valence electrons. The van der Waals surface area contributed by atoms with Gasteiger partial charge in [0, 0.05) is 27.5 Å². The third kappa shape index (κ3) is 4.13. The molecule has 2 nitrogen and oxygen atoms in total. The van der Waals surface area contributed by atoms with Crippen molar-refractivity contribution in [2.24, 2.45) is 0 Å². The van der Waals surface area contributed by atoms with Crippen LogP contribution in [-0.4, -0.2) is 0 Å². The molecule has 1 atom stereocenters. The van der Waals surface area contributed by atoms with Crippen molar-refractivity contribution < 1.29 is 18.3 Å². The third-order valence-electron chi connectivity index (χ3n) is 9.92. The first-order valence-electron chi connectivity index (χ1n) is 15.8. The number of hydrogen-bond acceptors (Lipinski definition) is 2. The van der Waals surface area contributed by atoms with Gasteiger partial charge < -0.3 is 9.47 Å². The molecule has 0 radical (unpaired) electrons. The fourth-order valence-corrected chi connectivity index (χ4v) is 7.70. The van der Waals surface area contributed by atoms with Crippen LogP contribution >= 0.6 is 0 Å². The van der Waals surface area contributed by atoms with E-state index in [1.807, 2.05) is 84.9 Å². The van der Waals surface area contributed by atoms with Crippen molar-refractivity contribution in [3.05, 3.63) is 167 Å². The maximum Gasteiger partial charge on any atom is 0.178 e. The first kappa shape index (κ1) is 28.3. The zero-order chi connectivity index (χ0) is 31.5. The number of halogens is 2. The molecule has 1 unspecified atom stereocenters. The number of benzene rings is 6. The Balaban J connectivity index is 1.37. The molecule has 0 spiro atoms. The van der Waals surface area contributed by atoms with E-state index in [9.17, 15) is 4.39 Å². The maximum atomic E-state index is 15.1. The summed E-state index contributed by atoms with van der Waals surface area (Å²) in [4.78, 5) is 0. The molecule has 4 heteroatoms. The second kappa shape index (κ2) is 10.7. The fourth-order valence-electron chi connectivity index (χ4n) is 7.70. The van der Waals surface area contributed by atoms with Crippen LogP contribution in [0.15, 0.2) is 127 Å². The highest BCUT2D eigenvalue weighted by molar-refractivity contribution is 6.08. The summed E-state index contributed by atoms with van der Waals surface area (Å²) in [7, 11) is 0. The molecular weight excluding hydrogens is 574 g/mol. The van der Waals surface area contributed by atoms with E-state index in [1.165, 1.54) is 12.1 Å². The summed E-state index contributed by atoms with van der Waals surface area (Å²) in [6.07, 6.45) is 5.83. The SMILES string of the molecule is CCC1(CC)c2cc(F)ccc2-c2c1c1c(c3cc(F)ccc23)OC(c2ccccc2)(c2ccc(Oc3ccccc3)cc2)C=C1. The molecule has 46 heavy (non-hydrogen) atoms. The molecule has 1 aliphatic heterocycles. The van der Waals surface area contributed by atoms with Crippen molar-refractivity contribution >= 4 is 16.8 Å². The first-order valence-corrected chi connectivity index (χ1v) is 15.8. The minimum absolute atomic E-state index is 0.253. The quantitative estimate of drug-likeness (QED) is 0.188. The summed E-state index contributed by atoms with van der Waals surface area (Å²) in [5.74, 6) is 1.51. The summed E-state index contributed by atoms with van der Waals surface area (Å²) < 4.78 is 43.3. The van der Waals surface area contributed by atoms with Gasteiger partial charge in [0.1, 0.15) is 28.9 Å². The Labute approximate surface area is 267 Å². The van der Waals surface area contributed by atoms with Crippen LogP contribution in [0.25, 0.3) is 28.0 Å². The Morgan fingerprint density at radius 2 is 1.28 bits per heavy atom.